The van der Waals surface area contributed by atoms with Crippen molar-refractivity contribution >= 4 is 27.4 Å². The molecule has 0 bridgehead atoms. The van der Waals surface area contributed by atoms with Gasteiger partial charge in [-0.3, -0.25) is 9.35 Å². The molecule has 0 aliphatic heterocycles. The molecular weight excluding hydrogens is 226 g/mol. The van der Waals surface area contributed by atoms with Crippen molar-refractivity contribution in [2.24, 2.45) is 0 Å². The van der Waals surface area contributed by atoms with Gasteiger partial charge in [0.1, 0.15) is 0 Å². The summed E-state index contributed by atoms with van der Waals surface area (Å²) < 4.78 is 30.3. The number of hydrogen-bond donors (Lipinski definition) is 3. The molecule has 0 aromatic carbocycles. The van der Waals surface area contributed by atoms with E-state index in [0.717, 1.165) is 6.33 Å². The summed E-state index contributed by atoms with van der Waals surface area (Å²) in [4.78, 5) is 21.0. The lowest BCUT2D eigenvalue weighted by molar-refractivity contribution is 0.471. The highest BCUT2D eigenvalue weighted by Crippen LogP contribution is 2.05. The van der Waals surface area contributed by atoms with Crippen molar-refractivity contribution < 1.29 is 13.0 Å². The van der Waals surface area contributed by atoms with Gasteiger partial charge in [0, 0.05) is 0 Å². The number of fused-ring (bicyclic) bond motifs is 1. The van der Waals surface area contributed by atoms with E-state index in [-0.39, 0.29) is 15.1 Å². The first-order chi connectivity index (χ1) is 6.91. The summed E-state index contributed by atoms with van der Waals surface area (Å²) in [6, 6.07) is 0. The van der Waals surface area contributed by atoms with Gasteiger partial charge in [-0.2, -0.15) is 13.4 Å². The van der Waals surface area contributed by atoms with Crippen LogP contribution in [0.25, 0.3) is 11.2 Å². The van der Waals surface area contributed by atoms with Crippen LogP contribution in [0.2, 0.25) is 0 Å². The molecule has 0 amide bonds. The SMILES string of the molecule is Nc1nc2nc[nH]c2c(=O)n1S(=O)(=O)O. The van der Waals surface area contributed by atoms with Gasteiger partial charge in [-0.25, -0.2) is 4.98 Å². The number of hydrogen-bond acceptors (Lipinski definition) is 6. The second-order valence-electron chi connectivity index (χ2n) is 2.62. The normalized spacial score (nSPS) is 12.1. The van der Waals surface area contributed by atoms with Crippen molar-refractivity contribution in [2.75, 3.05) is 5.73 Å². The van der Waals surface area contributed by atoms with Crippen LogP contribution in [0.15, 0.2) is 11.1 Å². The number of nitrogens with two attached hydrogens (primary N) is 1. The Morgan fingerprint density at radius 3 is 2.80 bits per heavy atom. The van der Waals surface area contributed by atoms with E-state index in [0.29, 0.717) is 0 Å². The summed E-state index contributed by atoms with van der Waals surface area (Å²) in [6.45, 7) is 0. The van der Waals surface area contributed by atoms with E-state index in [1.54, 1.807) is 0 Å². The van der Waals surface area contributed by atoms with Gasteiger partial charge in [-0.05, 0) is 0 Å². The Kier molecular flexibility index (Phi) is 1.78. The van der Waals surface area contributed by atoms with Crippen molar-refractivity contribution in [3.05, 3.63) is 16.7 Å². The van der Waals surface area contributed by atoms with E-state index in [9.17, 15) is 13.2 Å². The van der Waals surface area contributed by atoms with Gasteiger partial charge in [0.15, 0.2) is 11.2 Å². The fourth-order valence-corrected chi connectivity index (χ4v) is 1.69. The fraction of sp³-hybridized carbons (Fsp3) is 0. The second kappa shape index (κ2) is 2.77. The molecule has 2 rings (SSSR count). The number of nitrogen functional groups attached to an aromatic ring is 1. The van der Waals surface area contributed by atoms with Crippen molar-refractivity contribution in [2.45, 2.75) is 0 Å². The molecule has 15 heavy (non-hydrogen) atoms. The predicted molar refractivity (Wildman–Crippen MR) is 49.5 cm³/mol. The average Bonchev–Trinajstić information content (AvgIpc) is 2.48. The Labute approximate surface area is 82.5 Å². The third kappa shape index (κ3) is 1.35. The van der Waals surface area contributed by atoms with Crippen LogP contribution in [-0.4, -0.2) is 31.9 Å². The summed E-state index contributed by atoms with van der Waals surface area (Å²) >= 11 is 0. The molecular formula is C5H5N5O4S. The largest absolute Gasteiger partial charge is 0.369 e. The Bertz CT molecular complexity index is 683. The lowest BCUT2D eigenvalue weighted by atomic mass is 10.5. The average molecular weight is 231 g/mol. The molecule has 0 aliphatic carbocycles. The minimum Gasteiger partial charge on any atom is -0.368 e. The van der Waals surface area contributed by atoms with E-state index in [2.05, 4.69) is 15.0 Å². The fourth-order valence-electron chi connectivity index (χ4n) is 1.11. The Morgan fingerprint density at radius 1 is 1.53 bits per heavy atom. The molecule has 0 saturated carbocycles. The van der Waals surface area contributed by atoms with E-state index >= 15 is 0 Å². The topological polar surface area (TPSA) is 144 Å². The molecule has 10 heteroatoms. The molecule has 4 N–H and O–H groups in total. The molecule has 2 aromatic rings. The van der Waals surface area contributed by atoms with Crippen LogP contribution in [0.3, 0.4) is 0 Å². The van der Waals surface area contributed by atoms with Crippen LogP contribution >= 0.6 is 0 Å². The van der Waals surface area contributed by atoms with Crippen LogP contribution in [0.5, 0.6) is 0 Å². The Hall–Kier alpha value is -1.94. The highest BCUT2D eigenvalue weighted by molar-refractivity contribution is 7.84. The number of imidazole rings is 1. The minimum atomic E-state index is -4.76. The molecule has 0 saturated heterocycles. The maximum Gasteiger partial charge on any atom is 0.369 e. The van der Waals surface area contributed by atoms with Gasteiger partial charge < -0.3 is 10.7 Å². The number of rotatable bonds is 1. The monoisotopic (exact) mass is 231 g/mol. The van der Waals surface area contributed by atoms with Gasteiger partial charge in [0.05, 0.1) is 6.33 Å². The zero-order valence-electron chi connectivity index (χ0n) is 7.08. The predicted octanol–water partition coefficient (Wildman–Crippen LogP) is -1.65. The van der Waals surface area contributed by atoms with Gasteiger partial charge in [0.25, 0.3) is 5.56 Å². The molecule has 80 valence electrons. The summed E-state index contributed by atoms with van der Waals surface area (Å²) in [7, 11) is -4.76. The third-order valence-electron chi connectivity index (χ3n) is 1.68. The van der Waals surface area contributed by atoms with Crippen LogP contribution < -0.4 is 11.3 Å². The van der Waals surface area contributed by atoms with E-state index in [1.165, 1.54) is 0 Å². The van der Waals surface area contributed by atoms with E-state index in [4.69, 9.17) is 10.3 Å². The highest BCUT2D eigenvalue weighted by Gasteiger charge is 2.19. The maximum absolute atomic E-state index is 11.5. The van der Waals surface area contributed by atoms with Crippen molar-refractivity contribution in [1.29, 1.82) is 0 Å². The second-order valence-corrected chi connectivity index (χ2v) is 3.88. The van der Waals surface area contributed by atoms with Crippen LogP contribution in [0.4, 0.5) is 5.95 Å². The summed E-state index contributed by atoms with van der Waals surface area (Å²) in [5, 5.41) is 0. The Balaban J connectivity index is 3.04. The number of H-pyrrole nitrogens is 1. The molecule has 0 atom stereocenters. The van der Waals surface area contributed by atoms with E-state index in [1.807, 2.05) is 0 Å². The summed E-state index contributed by atoms with van der Waals surface area (Å²) in [6.07, 6.45) is 1.16. The lowest BCUT2D eigenvalue weighted by Gasteiger charge is -2.03. The molecule has 0 spiro atoms. The number of nitrogens with zero attached hydrogens (tertiary/aromatic N) is 3. The zero-order chi connectivity index (χ0) is 11.2. The first-order valence-corrected chi connectivity index (χ1v) is 5.00. The van der Waals surface area contributed by atoms with Gasteiger partial charge in [-0.15, -0.1) is 3.97 Å². The standard InChI is InChI=1S/C5H5N5O4S/c6-5-9-3-2(7-1-8-3)4(11)10(5)15(12,13)14/h1H,(H2,6,9)(H,7,8)(H,12,13,14). The number of nitrogens with one attached hydrogen (secondary N) is 1. The highest BCUT2D eigenvalue weighted by atomic mass is 32.2. The zero-order valence-corrected chi connectivity index (χ0v) is 7.89. The number of anilines is 1. The first kappa shape index (κ1) is 9.61. The molecule has 0 unspecified atom stereocenters. The lowest BCUT2D eigenvalue weighted by Crippen LogP contribution is -2.30. The van der Waals surface area contributed by atoms with Crippen LogP contribution in [0, 0.1) is 0 Å². The molecule has 0 aliphatic rings. The van der Waals surface area contributed by atoms with Crippen LogP contribution in [0.1, 0.15) is 0 Å². The Morgan fingerprint density at radius 2 is 2.20 bits per heavy atom. The van der Waals surface area contributed by atoms with Crippen molar-refractivity contribution in [3.63, 3.8) is 0 Å². The molecule has 0 radical (unpaired) electrons. The molecule has 0 fully saturated rings. The maximum atomic E-state index is 11.5. The number of aromatic nitrogens is 4. The number of aromatic amines is 1. The summed E-state index contributed by atoms with van der Waals surface area (Å²) in [5.74, 6) is -0.651. The van der Waals surface area contributed by atoms with Crippen molar-refractivity contribution in [3.8, 4) is 0 Å². The van der Waals surface area contributed by atoms with Crippen LogP contribution in [-0.2, 0) is 10.3 Å². The van der Waals surface area contributed by atoms with Crippen molar-refractivity contribution in [1.82, 2.24) is 18.9 Å². The van der Waals surface area contributed by atoms with E-state index < -0.39 is 21.8 Å². The molecule has 2 aromatic heterocycles. The quantitative estimate of drug-likeness (QED) is 0.499. The van der Waals surface area contributed by atoms with Gasteiger partial charge in [-0.1, -0.05) is 0 Å². The van der Waals surface area contributed by atoms with Gasteiger partial charge in [0.2, 0.25) is 5.95 Å². The summed E-state index contributed by atoms with van der Waals surface area (Å²) in [5.41, 5.74) is 3.99. The molecule has 9 nitrogen and oxygen atoms in total. The third-order valence-corrected chi connectivity index (χ3v) is 2.49. The first-order valence-electron chi connectivity index (χ1n) is 3.61. The van der Waals surface area contributed by atoms with Gasteiger partial charge >= 0.3 is 10.3 Å². The smallest absolute Gasteiger partial charge is 0.368 e. The minimum absolute atomic E-state index is 0.0163. The molecule has 2 heterocycles.